The summed E-state index contributed by atoms with van der Waals surface area (Å²) < 4.78 is 32.0. The number of aliphatic hydroxyl groups is 1. The Morgan fingerprint density at radius 2 is 2.05 bits per heavy atom. The quantitative estimate of drug-likeness (QED) is 0.664. The summed E-state index contributed by atoms with van der Waals surface area (Å²) in [5.41, 5.74) is 5.93. The fourth-order valence-electron chi connectivity index (χ4n) is 1.55. The molecule has 1 aromatic rings. The van der Waals surface area contributed by atoms with E-state index in [2.05, 4.69) is 4.72 Å². The van der Waals surface area contributed by atoms with Gasteiger partial charge in [0.2, 0.25) is 10.0 Å². The Bertz CT molecular complexity index is 529. The lowest BCUT2D eigenvalue weighted by atomic mass is 10.1. The van der Waals surface area contributed by atoms with Crippen LogP contribution in [0.5, 0.6) is 5.75 Å². The van der Waals surface area contributed by atoms with Crippen molar-refractivity contribution in [3.8, 4) is 5.75 Å². The summed E-state index contributed by atoms with van der Waals surface area (Å²) >= 11 is 0. The Morgan fingerprint density at radius 1 is 1.42 bits per heavy atom. The lowest BCUT2D eigenvalue weighted by Crippen LogP contribution is -2.41. The molecule has 0 saturated carbocycles. The van der Waals surface area contributed by atoms with Crippen molar-refractivity contribution in [2.24, 2.45) is 5.92 Å². The van der Waals surface area contributed by atoms with Gasteiger partial charge in [0.15, 0.2) is 0 Å². The molecule has 0 amide bonds. The number of aliphatic hydroxyl groups excluding tert-OH is 1. The van der Waals surface area contributed by atoms with E-state index < -0.39 is 16.1 Å². The molecule has 1 atom stereocenters. The molecule has 0 radical (unpaired) electrons. The third-order valence-electron chi connectivity index (χ3n) is 2.79. The van der Waals surface area contributed by atoms with Crippen molar-refractivity contribution in [3.05, 3.63) is 18.2 Å². The minimum atomic E-state index is -3.80. The summed E-state index contributed by atoms with van der Waals surface area (Å²) in [5, 5.41) is 9.20. The molecule has 0 saturated heterocycles. The molecule has 0 aromatic heterocycles. The van der Waals surface area contributed by atoms with E-state index in [0.717, 1.165) is 0 Å². The highest BCUT2D eigenvalue weighted by molar-refractivity contribution is 7.89. The van der Waals surface area contributed by atoms with Crippen LogP contribution < -0.4 is 15.2 Å². The number of anilines is 1. The zero-order valence-electron chi connectivity index (χ0n) is 11.3. The van der Waals surface area contributed by atoms with Gasteiger partial charge >= 0.3 is 0 Å². The second-order valence-corrected chi connectivity index (χ2v) is 6.25. The molecule has 19 heavy (non-hydrogen) atoms. The van der Waals surface area contributed by atoms with E-state index >= 15 is 0 Å². The number of nitrogens with one attached hydrogen (secondary N) is 1. The van der Waals surface area contributed by atoms with E-state index in [9.17, 15) is 13.5 Å². The second-order valence-electron chi connectivity index (χ2n) is 4.56. The molecule has 0 bridgehead atoms. The van der Waals surface area contributed by atoms with Crippen molar-refractivity contribution in [1.82, 2.24) is 4.72 Å². The van der Waals surface area contributed by atoms with E-state index in [0.29, 0.717) is 5.69 Å². The molecule has 0 aliphatic heterocycles. The standard InChI is InChI=1S/C12H20N2O4S/c1-8(2)10(7-15)14-19(16,17)12-6-9(13)4-5-11(12)18-3/h4-6,8,10,14-15H,7,13H2,1-3H3/t10-/m1/s1. The number of ether oxygens (including phenoxy) is 1. The maximum absolute atomic E-state index is 12.3. The highest BCUT2D eigenvalue weighted by Crippen LogP contribution is 2.26. The molecule has 0 spiro atoms. The van der Waals surface area contributed by atoms with Gasteiger partial charge in [0.1, 0.15) is 10.6 Å². The number of nitrogen functional groups attached to an aromatic ring is 1. The largest absolute Gasteiger partial charge is 0.495 e. The molecule has 0 fully saturated rings. The van der Waals surface area contributed by atoms with Crippen molar-refractivity contribution in [2.75, 3.05) is 19.5 Å². The van der Waals surface area contributed by atoms with Gasteiger partial charge in [0.05, 0.1) is 13.7 Å². The molecule has 6 nitrogen and oxygen atoms in total. The third kappa shape index (κ3) is 3.82. The Balaban J connectivity index is 3.16. The molecule has 1 aromatic carbocycles. The fraction of sp³-hybridized carbons (Fsp3) is 0.500. The highest BCUT2D eigenvalue weighted by Gasteiger charge is 2.25. The molecule has 7 heteroatoms. The number of sulfonamides is 1. The first-order valence-electron chi connectivity index (χ1n) is 5.88. The lowest BCUT2D eigenvalue weighted by Gasteiger charge is -2.20. The molecule has 0 aliphatic carbocycles. The lowest BCUT2D eigenvalue weighted by molar-refractivity contribution is 0.227. The predicted octanol–water partition coefficient (Wildman–Crippen LogP) is 0.573. The van der Waals surface area contributed by atoms with Gasteiger partial charge in [-0.05, 0) is 24.1 Å². The minimum Gasteiger partial charge on any atom is -0.495 e. The topological polar surface area (TPSA) is 102 Å². The number of rotatable bonds is 6. The Kier molecular flexibility index (Phi) is 5.16. The van der Waals surface area contributed by atoms with E-state index in [1.807, 2.05) is 13.8 Å². The van der Waals surface area contributed by atoms with Crippen molar-refractivity contribution in [2.45, 2.75) is 24.8 Å². The maximum Gasteiger partial charge on any atom is 0.244 e. The minimum absolute atomic E-state index is 0.0332. The Labute approximate surface area is 113 Å². The molecular weight excluding hydrogens is 268 g/mol. The first-order chi connectivity index (χ1) is 8.81. The van der Waals surface area contributed by atoms with Gasteiger partial charge < -0.3 is 15.6 Å². The van der Waals surface area contributed by atoms with Crippen molar-refractivity contribution in [3.63, 3.8) is 0 Å². The fourth-order valence-corrected chi connectivity index (χ4v) is 3.13. The average Bonchev–Trinajstić information content (AvgIpc) is 2.35. The first kappa shape index (κ1) is 15.7. The van der Waals surface area contributed by atoms with Crippen LogP contribution in [0, 0.1) is 5.92 Å². The zero-order chi connectivity index (χ0) is 14.6. The Hall–Kier alpha value is -1.31. The zero-order valence-corrected chi connectivity index (χ0v) is 12.1. The molecule has 0 aliphatic rings. The van der Waals surface area contributed by atoms with E-state index in [4.69, 9.17) is 10.5 Å². The smallest absolute Gasteiger partial charge is 0.244 e. The third-order valence-corrected chi connectivity index (χ3v) is 4.30. The average molecular weight is 288 g/mol. The number of hydrogen-bond acceptors (Lipinski definition) is 5. The van der Waals surface area contributed by atoms with Gasteiger partial charge in [-0.25, -0.2) is 13.1 Å². The van der Waals surface area contributed by atoms with Gasteiger partial charge in [-0.1, -0.05) is 13.8 Å². The Morgan fingerprint density at radius 3 is 2.53 bits per heavy atom. The van der Waals surface area contributed by atoms with Crippen LogP contribution in [-0.4, -0.2) is 33.3 Å². The van der Waals surface area contributed by atoms with Crippen LogP contribution >= 0.6 is 0 Å². The predicted molar refractivity (Wildman–Crippen MR) is 73.4 cm³/mol. The van der Waals surface area contributed by atoms with Crippen LogP contribution in [0.4, 0.5) is 5.69 Å². The van der Waals surface area contributed by atoms with Crippen LogP contribution in [0.2, 0.25) is 0 Å². The summed E-state index contributed by atoms with van der Waals surface area (Å²) in [6.45, 7) is 3.36. The molecule has 4 N–H and O–H groups in total. The number of nitrogens with two attached hydrogens (primary N) is 1. The number of methoxy groups -OCH3 is 1. The summed E-state index contributed by atoms with van der Waals surface area (Å²) in [5.74, 6) is 0.175. The summed E-state index contributed by atoms with van der Waals surface area (Å²) in [7, 11) is -2.41. The van der Waals surface area contributed by atoms with Gasteiger partial charge in [0, 0.05) is 11.7 Å². The molecule has 108 valence electrons. The van der Waals surface area contributed by atoms with Gasteiger partial charge in [-0.2, -0.15) is 0 Å². The van der Waals surface area contributed by atoms with Crippen molar-refractivity contribution >= 4 is 15.7 Å². The van der Waals surface area contributed by atoms with Crippen LogP contribution in [0.25, 0.3) is 0 Å². The highest BCUT2D eigenvalue weighted by atomic mass is 32.2. The SMILES string of the molecule is COc1ccc(N)cc1S(=O)(=O)N[C@H](CO)C(C)C. The maximum atomic E-state index is 12.3. The van der Waals surface area contributed by atoms with Gasteiger partial charge in [0.25, 0.3) is 0 Å². The molecule has 1 rings (SSSR count). The van der Waals surface area contributed by atoms with Crippen LogP contribution in [0.3, 0.4) is 0 Å². The summed E-state index contributed by atoms with van der Waals surface area (Å²) in [6.07, 6.45) is 0. The number of hydrogen-bond donors (Lipinski definition) is 3. The van der Waals surface area contributed by atoms with Crippen LogP contribution in [0.15, 0.2) is 23.1 Å². The first-order valence-corrected chi connectivity index (χ1v) is 7.37. The second kappa shape index (κ2) is 6.23. The van der Waals surface area contributed by atoms with E-state index in [1.54, 1.807) is 6.07 Å². The molecule has 0 heterocycles. The van der Waals surface area contributed by atoms with Crippen LogP contribution in [-0.2, 0) is 10.0 Å². The molecule has 0 unspecified atom stereocenters. The molecular formula is C12H20N2O4S. The number of benzene rings is 1. The van der Waals surface area contributed by atoms with Crippen molar-refractivity contribution < 1.29 is 18.3 Å². The summed E-state index contributed by atoms with van der Waals surface area (Å²) in [4.78, 5) is -0.0332. The van der Waals surface area contributed by atoms with Gasteiger partial charge in [-0.3, -0.25) is 0 Å². The summed E-state index contributed by atoms with van der Waals surface area (Å²) in [6, 6.07) is 3.82. The normalized spacial score (nSPS) is 13.5. The van der Waals surface area contributed by atoms with Crippen molar-refractivity contribution in [1.29, 1.82) is 0 Å². The van der Waals surface area contributed by atoms with Crippen LogP contribution in [0.1, 0.15) is 13.8 Å². The van der Waals surface area contributed by atoms with E-state index in [-0.39, 0.29) is 23.2 Å². The monoisotopic (exact) mass is 288 g/mol. The van der Waals surface area contributed by atoms with Gasteiger partial charge in [-0.15, -0.1) is 0 Å². The van der Waals surface area contributed by atoms with E-state index in [1.165, 1.54) is 19.2 Å².